The lowest BCUT2D eigenvalue weighted by Crippen LogP contribution is -2.35. The number of nitrogens with zero attached hydrogens (tertiary/aromatic N) is 4. The van der Waals surface area contributed by atoms with Gasteiger partial charge < -0.3 is 14.1 Å². The molecule has 1 amide bonds. The average molecular weight is 463 g/mol. The van der Waals surface area contributed by atoms with Crippen LogP contribution in [0, 0.1) is 0 Å². The van der Waals surface area contributed by atoms with E-state index in [1.54, 1.807) is 23.4 Å². The fraction of sp³-hybridized carbons (Fsp3) is 0.208. The molecule has 0 spiro atoms. The molecule has 1 unspecified atom stereocenters. The van der Waals surface area contributed by atoms with Crippen molar-refractivity contribution < 1.29 is 18.7 Å². The SMILES string of the molecule is COC(=O)c1occc1CN(C(=O)Cc1csc(-c2ccccn2)n1)C(C)c1ccccn1. The van der Waals surface area contributed by atoms with Crippen molar-refractivity contribution >= 4 is 23.2 Å². The molecule has 33 heavy (non-hydrogen) atoms. The van der Waals surface area contributed by atoms with Gasteiger partial charge in [0.05, 0.1) is 49.5 Å². The minimum absolute atomic E-state index is 0.0783. The van der Waals surface area contributed by atoms with Gasteiger partial charge in [-0.05, 0) is 37.3 Å². The first-order valence-electron chi connectivity index (χ1n) is 10.3. The van der Waals surface area contributed by atoms with E-state index in [0.29, 0.717) is 11.3 Å². The highest BCUT2D eigenvalue weighted by Crippen LogP contribution is 2.26. The smallest absolute Gasteiger partial charge is 0.374 e. The second-order valence-corrected chi connectivity index (χ2v) is 8.11. The lowest BCUT2D eigenvalue weighted by atomic mass is 10.1. The van der Waals surface area contributed by atoms with E-state index in [-0.39, 0.29) is 30.7 Å². The van der Waals surface area contributed by atoms with Crippen molar-refractivity contribution in [2.75, 3.05) is 7.11 Å². The fourth-order valence-electron chi connectivity index (χ4n) is 3.39. The summed E-state index contributed by atoms with van der Waals surface area (Å²) in [6.07, 6.45) is 4.91. The predicted octanol–water partition coefficient (Wildman–Crippen LogP) is 4.31. The van der Waals surface area contributed by atoms with Gasteiger partial charge in [-0.1, -0.05) is 12.1 Å². The molecule has 0 fully saturated rings. The summed E-state index contributed by atoms with van der Waals surface area (Å²) in [7, 11) is 1.29. The molecule has 0 saturated heterocycles. The summed E-state index contributed by atoms with van der Waals surface area (Å²) in [5, 5.41) is 2.62. The van der Waals surface area contributed by atoms with Crippen LogP contribution < -0.4 is 0 Å². The number of esters is 1. The molecule has 4 heterocycles. The van der Waals surface area contributed by atoms with Crippen molar-refractivity contribution in [3.63, 3.8) is 0 Å². The van der Waals surface area contributed by atoms with Gasteiger partial charge in [-0.3, -0.25) is 14.8 Å². The van der Waals surface area contributed by atoms with E-state index in [4.69, 9.17) is 9.15 Å². The Morgan fingerprint density at radius 2 is 1.91 bits per heavy atom. The monoisotopic (exact) mass is 462 g/mol. The molecule has 0 N–H and O–H groups in total. The topological polar surface area (TPSA) is 98.4 Å². The van der Waals surface area contributed by atoms with Crippen molar-refractivity contribution in [2.24, 2.45) is 0 Å². The van der Waals surface area contributed by atoms with Crippen LogP contribution in [0.15, 0.2) is 70.9 Å². The Morgan fingerprint density at radius 1 is 1.12 bits per heavy atom. The Bertz CT molecular complexity index is 1220. The molecule has 9 heteroatoms. The van der Waals surface area contributed by atoms with Crippen molar-refractivity contribution in [3.05, 3.63) is 89.2 Å². The quantitative estimate of drug-likeness (QED) is 0.360. The zero-order valence-electron chi connectivity index (χ0n) is 18.2. The number of ether oxygens (including phenoxy) is 1. The van der Waals surface area contributed by atoms with Gasteiger partial charge in [0, 0.05) is 23.3 Å². The highest BCUT2D eigenvalue weighted by Gasteiger charge is 2.27. The number of amides is 1. The van der Waals surface area contributed by atoms with E-state index in [0.717, 1.165) is 16.4 Å². The largest absolute Gasteiger partial charge is 0.463 e. The molecule has 0 aliphatic carbocycles. The highest BCUT2D eigenvalue weighted by atomic mass is 32.1. The first-order valence-corrected chi connectivity index (χ1v) is 11.2. The number of furan rings is 1. The molecule has 0 radical (unpaired) electrons. The number of aromatic nitrogens is 3. The maximum absolute atomic E-state index is 13.5. The molecule has 168 valence electrons. The molecule has 4 rings (SSSR count). The second-order valence-electron chi connectivity index (χ2n) is 7.25. The number of carbonyl (C=O) groups excluding carboxylic acids is 2. The van der Waals surface area contributed by atoms with E-state index >= 15 is 0 Å². The number of carbonyl (C=O) groups is 2. The lowest BCUT2D eigenvalue weighted by Gasteiger charge is -2.29. The first kappa shape index (κ1) is 22.3. The Morgan fingerprint density at radius 3 is 2.61 bits per heavy atom. The normalized spacial score (nSPS) is 11.7. The van der Waals surface area contributed by atoms with E-state index in [2.05, 4.69) is 15.0 Å². The van der Waals surface area contributed by atoms with Gasteiger partial charge in [-0.2, -0.15) is 0 Å². The summed E-state index contributed by atoms with van der Waals surface area (Å²) in [6, 6.07) is 12.5. The van der Waals surface area contributed by atoms with Gasteiger partial charge in [0.1, 0.15) is 5.01 Å². The van der Waals surface area contributed by atoms with Crippen LogP contribution in [0.4, 0.5) is 0 Å². The summed E-state index contributed by atoms with van der Waals surface area (Å²) in [4.78, 5) is 40.5. The van der Waals surface area contributed by atoms with Crippen LogP contribution in [-0.4, -0.2) is 38.8 Å². The zero-order valence-corrected chi connectivity index (χ0v) is 19.0. The van der Waals surface area contributed by atoms with Crippen LogP contribution in [0.1, 0.15) is 40.5 Å². The molecule has 1 atom stereocenters. The highest BCUT2D eigenvalue weighted by molar-refractivity contribution is 7.13. The van der Waals surface area contributed by atoms with Gasteiger partial charge in [0.2, 0.25) is 11.7 Å². The molecule has 8 nitrogen and oxygen atoms in total. The summed E-state index contributed by atoms with van der Waals surface area (Å²) >= 11 is 1.44. The van der Waals surface area contributed by atoms with Crippen molar-refractivity contribution in [3.8, 4) is 10.7 Å². The van der Waals surface area contributed by atoms with Crippen molar-refractivity contribution in [2.45, 2.75) is 25.9 Å². The van der Waals surface area contributed by atoms with Crippen LogP contribution in [0.5, 0.6) is 0 Å². The summed E-state index contributed by atoms with van der Waals surface area (Å²) in [5.74, 6) is -0.662. The second kappa shape index (κ2) is 10.2. The molecular weight excluding hydrogens is 440 g/mol. The average Bonchev–Trinajstić information content (AvgIpc) is 3.52. The molecule has 0 bridgehead atoms. The van der Waals surface area contributed by atoms with E-state index in [1.807, 2.05) is 48.7 Å². The third kappa shape index (κ3) is 5.15. The number of hydrogen-bond acceptors (Lipinski definition) is 8. The molecule has 0 aliphatic rings. The van der Waals surface area contributed by atoms with Crippen molar-refractivity contribution in [1.29, 1.82) is 0 Å². The molecule has 0 saturated carbocycles. The Balaban J connectivity index is 1.59. The standard InChI is InChI=1S/C24H22N4O4S/c1-16(19-7-3-5-10-25-19)28(14-17-9-12-32-22(17)24(30)31-2)21(29)13-18-15-33-23(27-18)20-8-4-6-11-26-20/h3-12,15-16H,13-14H2,1-2H3. The summed E-state index contributed by atoms with van der Waals surface area (Å²) in [6.45, 7) is 2.06. The number of hydrogen-bond donors (Lipinski definition) is 0. The van der Waals surface area contributed by atoms with Crippen molar-refractivity contribution in [1.82, 2.24) is 19.9 Å². The van der Waals surface area contributed by atoms with Gasteiger partial charge >= 0.3 is 5.97 Å². The molecular formula is C24H22N4O4S. The number of pyridine rings is 2. The lowest BCUT2D eigenvalue weighted by molar-refractivity contribution is -0.133. The first-order chi connectivity index (χ1) is 16.1. The van der Waals surface area contributed by atoms with Gasteiger partial charge in [-0.15, -0.1) is 11.3 Å². The molecule has 0 aliphatic heterocycles. The number of methoxy groups -OCH3 is 1. The van der Waals surface area contributed by atoms with Crippen LogP contribution >= 0.6 is 11.3 Å². The minimum Gasteiger partial charge on any atom is -0.463 e. The Kier molecular flexibility index (Phi) is 6.89. The van der Waals surface area contributed by atoms with E-state index in [9.17, 15) is 9.59 Å². The number of thiazole rings is 1. The predicted molar refractivity (Wildman–Crippen MR) is 122 cm³/mol. The summed E-state index contributed by atoms with van der Waals surface area (Å²) in [5.41, 5.74) is 2.72. The third-order valence-electron chi connectivity index (χ3n) is 5.13. The zero-order chi connectivity index (χ0) is 23.2. The van der Waals surface area contributed by atoms with E-state index < -0.39 is 5.97 Å². The Labute approximate surface area is 194 Å². The number of rotatable bonds is 8. The van der Waals surface area contributed by atoms with Gasteiger partial charge in [-0.25, -0.2) is 9.78 Å². The maximum Gasteiger partial charge on any atom is 0.374 e. The van der Waals surface area contributed by atoms with Crippen LogP contribution in [-0.2, 0) is 22.5 Å². The minimum atomic E-state index is -0.590. The maximum atomic E-state index is 13.5. The van der Waals surface area contributed by atoms with Crippen LogP contribution in [0.25, 0.3) is 10.7 Å². The third-order valence-corrected chi connectivity index (χ3v) is 6.04. The molecule has 4 aromatic heterocycles. The molecule has 4 aromatic rings. The van der Waals surface area contributed by atoms with Crippen LogP contribution in [0.2, 0.25) is 0 Å². The fourth-order valence-corrected chi connectivity index (χ4v) is 4.19. The van der Waals surface area contributed by atoms with Gasteiger partial charge in [0.15, 0.2) is 0 Å². The van der Waals surface area contributed by atoms with E-state index in [1.165, 1.54) is 24.7 Å². The summed E-state index contributed by atoms with van der Waals surface area (Å²) < 4.78 is 10.1. The molecule has 0 aromatic carbocycles. The Hall–Kier alpha value is -3.85. The van der Waals surface area contributed by atoms with Gasteiger partial charge in [0.25, 0.3) is 0 Å². The van der Waals surface area contributed by atoms with Crippen LogP contribution in [0.3, 0.4) is 0 Å².